The van der Waals surface area contributed by atoms with Crippen LogP contribution in [0.2, 0.25) is 5.02 Å². The summed E-state index contributed by atoms with van der Waals surface area (Å²) in [5.41, 5.74) is 1.69. The third-order valence-corrected chi connectivity index (χ3v) is 6.68. The Morgan fingerprint density at radius 1 is 0.886 bits per heavy atom. The molecule has 1 heterocycles. The molecule has 11 heteroatoms. The molecule has 5 rings (SSSR count). The molecule has 5 amide bonds. The van der Waals surface area contributed by atoms with Crippen LogP contribution in [0.15, 0.2) is 103 Å². The normalized spacial score (nSPS) is 13.8. The minimum atomic E-state index is -0.895. The third-order valence-electron chi connectivity index (χ3n) is 6.45. The van der Waals surface area contributed by atoms with Crippen LogP contribution in [-0.4, -0.2) is 37.5 Å². The first-order valence-corrected chi connectivity index (χ1v) is 13.7. The van der Waals surface area contributed by atoms with E-state index in [0.29, 0.717) is 28.8 Å². The van der Waals surface area contributed by atoms with E-state index < -0.39 is 23.8 Å². The van der Waals surface area contributed by atoms with Gasteiger partial charge in [0.1, 0.15) is 29.4 Å². The smallest absolute Gasteiger partial charge is 0.335 e. The number of anilines is 2. The van der Waals surface area contributed by atoms with Crippen molar-refractivity contribution in [2.75, 3.05) is 23.9 Å². The average Bonchev–Trinajstić information content (AvgIpc) is 3.03. The van der Waals surface area contributed by atoms with Gasteiger partial charge in [0.15, 0.2) is 6.61 Å². The number of carbonyl (C=O) groups is 4. The fraction of sp³-hybridized carbons (Fsp3) is 0.0909. The molecule has 10 nitrogen and oxygen atoms in total. The largest absolute Gasteiger partial charge is 0.497 e. The Morgan fingerprint density at radius 2 is 1.59 bits per heavy atom. The number of imide groups is 2. The van der Waals surface area contributed by atoms with Crippen LogP contribution in [0.5, 0.6) is 17.2 Å². The molecule has 2 N–H and O–H groups in total. The van der Waals surface area contributed by atoms with E-state index in [4.69, 9.17) is 25.8 Å². The van der Waals surface area contributed by atoms with Crippen molar-refractivity contribution in [1.82, 2.24) is 5.32 Å². The minimum Gasteiger partial charge on any atom is -0.497 e. The van der Waals surface area contributed by atoms with Gasteiger partial charge in [-0.3, -0.25) is 19.7 Å². The van der Waals surface area contributed by atoms with E-state index >= 15 is 0 Å². The Bertz CT molecular complexity index is 1720. The Hall–Kier alpha value is -5.61. The van der Waals surface area contributed by atoms with Gasteiger partial charge >= 0.3 is 6.03 Å². The highest BCUT2D eigenvalue weighted by Crippen LogP contribution is 2.29. The second kappa shape index (κ2) is 13.6. The summed E-state index contributed by atoms with van der Waals surface area (Å²) >= 11 is 6.19. The predicted molar refractivity (Wildman–Crippen MR) is 165 cm³/mol. The van der Waals surface area contributed by atoms with Crippen molar-refractivity contribution in [2.45, 2.75) is 6.61 Å². The molecule has 0 aromatic heterocycles. The SMILES string of the molecule is COc1ccc(NC(=O)COc2ccc(Cl)cc2/C=C2/C(=O)NC(=O)N(c3ccc(OCc4ccccc4)cc3)C2=O)cc1. The number of hydrogen-bond donors (Lipinski definition) is 2. The van der Waals surface area contributed by atoms with E-state index in [-0.39, 0.29) is 29.2 Å². The predicted octanol–water partition coefficient (Wildman–Crippen LogP) is 5.61. The third kappa shape index (κ3) is 7.23. The number of ether oxygens (including phenoxy) is 3. The lowest BCUT2D eigenvalue weighted by atomic mass is 10.1. The molecule has 0 unspecified atom stereocenters. The molecule has 1 saturated heterocycles. The van der Waals surface area contributed by atoms with Gasteiger partial charge in [-0.05, 0) is 78.4 Å². The molecule has 0 radical (unpaired) electrons. The standard InChI is InChI=1S/C33H26ClN3O7/c1-42-26-12-8-24(9-13-26)35-30(38)20-44-29-16-7-23(34)17-22(29)18-28-31(39)36-33(41)37(32(28)40)25-10-14-27(15-11-25)43-19-21-5-3-2-4-6-21/h2-18H,19-20H2,1H3,(H,35,38)(H,36,39,41)/b28-18-. The number of hydrogen-bond acceptors (Lipinski definition) is 7. The second-order valence-electron chi connectivity index (χ2n) is 9.47. The molecule has 1 aliphatic rings. The zero-order valence-corrected chi connectivity index (χ0v) is 24.2. The molecule has 44 heavy (non-hydrogen) atoms. The van der Waals surface area contributed by atoms with Gasteiger partial charge in [0.2, 0.25) is 0 Å². The minimum absolute atomic E-state index is 0.191. The quantitative estimate of drug-likeness (QED) is 0.176. The maximum absolute atomic E-state index is 13.5. The summed E-state index contributed by atoms with van der Waals surface area (Å²) in [4.78, 5) is 52.3. The fourth-order valence-corrected chi connectivity index (χ4v) is 4.44. The molecule has 0 atom stereocenters. The lowest BCUT2D eigenvalue weighted by Crippen LogP contribution is -2.54. The maximum atomic E-state index is 13.5. The highest BCUT2D eigenvalue weighted by atomic mass is 35.5. The van der Waals surface area contributed by atoms with Crippen LogP contribution in [0.1, 0.15) is 11.1 Å². The first kappa shape index (κ1) is 29.9. The van der Waals surface area contributed by atoms with Crippen molar-refractivity contribution in [2.24, 2.45) is 0 Å². The van der Waals surface area contributed by atoms with E-state index in [9.17, 15) is 19.2 Å². The number of halogens is 1. The summed E-state index contributed by atoms with van der Waals surface area (Å²) in [7, 11) is 1.54. The number of amides is 5. The fourth-order valence-electron chi connectivity index (χ4n) is 4.26. The Morgan fingerprint density at radius 3 is 2.30 bits per heavy atom. The first-order chi connectivity index (χ1) is 21.3. The molecule has 222 valence electrons. The van der Waals surface area contributed by atoms with Gasteiger partial charge in [0.25, 0.3) is 17.7 Å². The van der Waals surface area contributed by atoms with Gasteiger partial charge in [0.05, 0.1) is 12.8 Å². The lowest BCUT2D eigenvalue weighted by Gasteiger charge is -2.26. The maximum Gasteiger partial charge on any atom is 0.335 e. The summed E-state index contributed by atoms with van der Waals surface area (Å²) in [5.74, 6) is -0.809. The van der Waals surface area contributed by atoms with E-state index in [0.717, 1.165) is 10.5 Å². The highest BCUT2D eigenvalue weighted by molar-refractivity contribution is 6.39. The van der Waals surface area contributed by atoms with Crippen LogP contribution in [0.4, 0.5) is 16.2 Å². The van der Waals surface area contributed by atoms with Gasteiger partial charge in [-0.15, -0.1) is 0 Å². The summed E-state index contributed by atoms with van der Waals surface area (Å²) < 4.78 is 16.6. The van der Waals surface area contributed by atoms with Crippen LogP contribution in [0, 0.1) is 0 Å². The van der Waals surface area contributed by atoms with Crippen LogP contribution in [0.25, 0.3) is 6.08 Å². The van der Waals surface area contributed by atoms with Crippen LogP contribution in [-0.2, 0) is 21.0 Å². The molecule has 1 fully saturated rings. The van der Waals surface area contributed by atoms with Crippen LogP contribution < -0.4 is 29.7 Å². The Kier molecular flexibility index (Phi) is 9.22. The number of benzene rings is 4. The average molecular weight is 612 g/mol. The Balaban J connectivity index is 1.30. The summed E-state index contributed by atoms with van der Waals surface area (Å²) in [6.45, 7) is -0.0227. The Labute approximate surface area is 257 Å². The lowest BCUT2D eigenvalue weighted by molar-refractivity contribution is -0.122. The van der Waals surface area contributed by atoms with E-state index in [2.05, 4.69) is 10.6 Å². The molecule has 4 aromatic rings. The van der Waals surface area contributed by atoms with Gasteiger partial charge < -0.3 is 19.5 Å². The van der Waals surface area contributed by atoms with Crippen molar-refractivity contribution in [3.63, 3.8) is 0 Å². The van der Waals surface area contributed by atoms with E-state index in [1.165, 1.54) is 18.2 Å². The number of nitrogens with one attached hydrogen (secondary N) is 2. The number of barbiturate groups is 1. The molecule has 0 spiro atoms. The number of urea groups is 1. The van der Waals surface area contributed by atoms with Gasteiger partial charge in [0, 0.05) is 16.3 Å². The first-order valence-electron chi connectivity index (χ1n) is 13.4. The number of carbonyl (C=O) groups excluding carboxylic acids is 4. The van der Waals surface area contributed by atoms with Crippen molar-refractivity contribution in [3.05, 3.63) is 119 Å². The summed E-state index contributed by atoms with van der Waals surface area (Å²) in [5, 5.41) is 5.20. The molecular weight excluding hydrogens is 586 g/mol. The monoisotopic (exact) mass is 611 g/mol. The molecule has 4 aromatic carbocycles. The van der Waals surface area contributed by atoms with Crippen molar-refractivity contribution in [1.29, 1.82) is 0 Å². The molecule has 1 aliphatic heterocycles. The van der Waals surface area contributed by atoms with E-state index in [1.54, 1.807) is 61.7 Å². The molecule has 0 bridgehead atoms. The van der Waals surface area contributed by atoms with Crippen LogP contribution >= 0.6 is 11.6 Å². The van der Waals surface area contributed by atoms with Crippen molar-refractivity contribution in [3.8, 4) is 17.2 Å². The van der Waals surface area contributed by atoms with Gasteiger partial charge in [-0.1, -0.05) is 41.9 Å². The van der Waals surface area contributed by atoms with Gasteiger partial charge in [-0.25, -0.2) is 9.69 Å². The molecule has 0 aliphatic carbocycles. The highest BCUT2D eigenvalue weighted by Gasteiger charge is 2.37. The topological polar surface area (TPSA) is 123 Å². The second-order valence-corrected chi connectivity index (χ2v) is 9.91. The van der Waals surface area contributed by atoms with E-state index in [1.807, 2.05) is 30.3 Å². The zero-order chi connectivity index (χ0) is 31.1. The summed E-state index contributed by atoms with van der Waals surface area (Å²) in [6.07, 6.45) is 1.26. The van der Waals surface area contributed by atoms with Gasteiger partial charge in [-0.2, -0.15) is 0 Å². The number of methoxy groups -OCH3 is 1. The van der Waals surface area contributed by atoms with Crippen LogP contribution in [0.3, 0.4) is 0 Å². The number of nitrogens with zero attached hydrogens (tertiary/aromatic N) is 1. The van der Waals surface area contributed by atoms with Crippen molar-refractivity contribution < 1.29 is 33.4 Å². The molecular formula is C33H26ClN3O7. The molecule has 0 saturated carbocycles. The zero-order valence-electron chi connectivity index (χ0n) is 23.4. The number of rotatable bonds is 10. The summed E-state index contributed by atoms with van der Waals surface area (Å²) in [6, 6.07) is 26.3. The van der Waals surface area contributed by atoms with Crippen molar-refractivity contribution >= 4 is 52.8 Å².